The highest BCUT2D eigenvalue weighted by atomic mass is 79.9. The lowest BCUT2D eigenvalue weighted by atomic mass is 9.94. The van der Waals surface area contributed by atoms with Crippen LogP contribution < -0.4 is 10.9 Å². The molecule has 1 aliphatic heterocycles. The lowest BCUT2D eigenvalue weighted by Crippen LogP contribution is -2.40. The summed E-state index contributed by atoms with van der Waals surface area (Å²) in [5.74, 6) is 0. The molecule has 2 heterocycles. The van der Waals surface area contributed by atoms with Crippen LogP contribution in [0.15, 0.2) is 15.5 Å². The van der Waals surface area contributed by atoms with Gasteiger partial charge in [-0.05, 0) is 42.6 Å². The molecule has 6 nitrogen and oxygen atoms in total. The van der Waals surface area contributed by atoms with E-state index in [-0.39, 0.29) is 30.4 Å². The van der Waals surface area contributed by atoms with Crippen molar-refractivity contribution >= 4 is 21.6 Å². The lowest BCUT2D eigenvalue weighted by Gasteiger charge is -2.36. The Balaban J connectivity index is 2.14. The molecule has 1 unspecified atom stereocenters. The third-order valence-corrected chi connectivity index (χ3v) is 4.12. The van der Waals surface area contributed by atoms with Crippen LogP contribution in [0.4, 0.5) is 5.69 Å². The summed E-state index contributed by atoms with van der Waals surface area (Å²) in [6.45, 7) is 4.92. The summed E-state index contributed by atoms with van der Waals surface area (Å²) in [7, 11) is 0. The minimum absolute atomic E-state index is 0.111. The maximum atomic E-state index is 12.0. The monoisotopic (exact) mass is 345 g/mol. The summed E-state index contributed by atoms with van der Waals surface area (Å²) in [6.07, 6.45) is 3.39. The van der Waals surface area contributed by atoms with E-state index in [9.17, 15) is 4.79 Å². The first-order valence-electron chi connectivity index (χ1n) is 6.70. The van der Waals surface area contributed by atoms with Crippen molar-refractivity contribution in [3.8, 4) is 0 Å². The fraction of sp³-hybridized carbons (Fsp3) is 0.692. The largest absolute Gasteiger partial charge is 0.394 e. The van der Waals surface area contributed by atoms with Gasteiger partial charge in [0, 0.05) is 12.6 Å². The van der Waals surface area contributed by atoms with Gasteiger partial charge in [0.2, 0.25) is 0 Å². The zero-order valence-corrected chi connectivity index (χ0v) is 13.3. The van der Waals surface area contributed by atoms with Crippen molar-refractivity contribution in [1.29, 1.82) is 0 Å². The molecule has 0 spiro atoms. The molecule has 2 N–H and O–H groups in total. The molecule has 0 aliphatic carbocycles. The molecular formula is C13H20BrN3O3. The smallest absolute Gasteiger partial charge is 0.283 e. The standard InChI is InChI=1S/C13H20BrN3O3/c1-13(2)7-9(3-6-20-13)16-10-8-15-17(4-5-18)12(19)11(10)14/h8-9,16,18H,3-7H2,1-2H3. The van der Waals surface area contributed by atoms with E-state index in [1.54, 1.807) is 6.20 Å². The fourth-order valence-corrected chi connectivity index (χ4v) is 2.82. The highest BCUT2D eigenvalue weighted by molar-refractivity contribution is 9.10. The van der Waals surface area contributed by atoms with Crippen molar-refractivity contribution in [1.82, 2.24) is 9.78 Å². The Morgan fingerprint density at radius 1 is 1.65 bits per heavy atom. The van der Waals surface area contributed by atoms with Gasteiger partial charge >= 0.3 is 0 Å². The van der Waals surface area contributed by atoms with Gasteiger partial charge < -0.3 is 15.2 Å². The molecule has 0 bridgehead atoms. The molecule has 0 aromatic carbocycles. The molecular weight excluding hydrogens is 326 g/mol. The van der Waals surface area contributed by atoms with Crippen LogP contribution in [0.5, 0.6) is 0 Å². The summed E-state index contributed by atoms with van der Waals surface area (Å²) in [4.78, 5) is 12.0. The minimum Gasteiger partial charge on any atom is -0.394 e. The van der Waals surface area contributed by atoms with Crippen molar-refractivity contribution < 1.29 is 9.84 Å². The first-order valence-corrected chi connectivity index (χ1v) is 7.49. The minimum atomic E-state index is -0.240. The number of rotatable bonds is 4. The first-order chi connectivity index (χ1) is 9.43. The normalized spacial score (nSPS) is 21.7. The van der Waals surface area contributed by atoms with Crippen LogP contribution in [0, 0.1) is 0 Å². The number of anilines is 1. The maximum Gasteiger partial charge on any atom is 0.283 e. The second kappa shape index (κ2) is 6.24. The highest BCUT2D eigenvalue weighted by Crippen LogP contribution is 2.27. The van der Waals surface area contributed by atoms with Gasteiger partial charge in [0.1, 0.15) is 4.47 Å². The summed E-state index contributed by atoms with van der Waals surface area (Å²) in [6, 6.07) is 0.255. The molecule has 7 heteroatoms. The molecule has 2 rings (SSSR count). The van der Waals surface area contributed by atoms with Crippen molar-refractivity contribution in [2.45, 2.75) is 44.9 Å². The molecule has 1 saturated heterocycles. The molecule has 1 fully saturated rings. The number of aliphatic hydroxyl groups excluding tert-OH is 1. The molecule has 1 aromatic rings. The van der Waals surface area contributed by atoms with Crippen LogP contribution in [0.25, 0.3) is 0 Å². The summed E-state index contributed by atoms with van der Waals surface area (Å²) in [5.41, 5.74) is 0.295. The van der Waals surface area contributed by atoms with Gasteiger partial charge in [0.15, 0.2) is 0 Å². The number of aliphatic hydroxyl groups is 1. The Labute approximate surface area is 126 Å². The molecule has 20 heavy (non-hydrogen) atoms. The highest BCUT2D eigenvalue weighted by Gasteiger charge is 2.29. The van der Waals surface area contributed by atoms with Crippen molar-refractivity contribution in [2.75, 3.05) is 18.5 Å². The van der Waals surface area contributed by atoms with E-state index < -0.39 is 0 Å². The fourth-order valence-electron chi connectivity index (χ4n) is 2.39. The average molecular weight is 346 g/mol. The number of nitrogens with one attached hydrogen (secondary N) is 1. The van der Waals surface area contributed by atoms with E-state index in [1.165, 1.54) is 4.68 Å². The van der Waals surface area contributed by atoms with E-state index in [1.807, 2.05) is 0 Å². The number of ether oxygens (including phenoxy) is 1. The van der Waals surface area contributed by atoms with Crippen LogP contribution in [0.2, 0.25) is 0 Å². The van der Waals surface area contributed by atoms with Crippen LogP contribution in [-0.2, 0) is 11.3 Å². The van der Waals surface area contributed by atoms with Crippen LogP contribution in [0.1, 0.15) is 26.7 Å². The SMILES string of the molecule is CC1(C)CC(Nc2cnn(CCO)c(=O)c2Br)CCO1. The molecule has 0 saturated carbocycles. The molecule has 1 atom stereocenters. The van der Waals surface area contributed by atoms with Gasteiger partial charge in [-0.15, -0.1) is 0 Å². The van der Waals surface area contributed by atoms with Gasteiger partial charge in [-0.2, -0.15) is 5.10 Å². The van der Waals surface area contributed by atoms with Gasteiger partial charge in [0.05, 0.1) is 30.6 Å². The zero-order valence-electron chi connectivity index (χ0n) is 11.7. The summed E-state index contributed by atoms with van der Waals surface area (Å²) >= 11 is 3.31. The van der Waals surface area contributed by atoms with E-state index in [4.69, 9.17) is 9.84 Å². The number of hydrogen-bond acceptors (Lipinski definition) is 5. The zero-order chi connectivity index (χ0) is 14.8. The van der Waals surface area contributed by atoms with Crippen LogP contribution in [-0.4, -0.2) is 39.7 Å². The topological polar surface area (TPSA) is 76.4 Å². The summed E-state index contributed by atoms with van der Waals surface area (Å²) < 4.78 is 7.37. The summed E-state index contributed by atoms with van der Waals surface area (Å²) in [5, 5.41) is 16.3. The Morgan fingerprint density at radius 3 is 3.05 bits per heavy atom. The van der Waals surface area contributed by atoms with E-state index in [2.05, 4.69) is 40.2 Å². The predicted octanol–water partition coefficient (Wildman–Crippen LogP) is 1.37. The van der Waals surface area contributed by atoms with E-state index in [0.717, 1.165) is 12.8 Å². The Kier molecular flexibility index (Phi) is 4.82. The van der Waals surface area contributed by atoms with Gasteiger partial charge in [0.25, 0.3) is 5.56 Å². The first kappa shape index (κ1) is 15.5. The molecule has 0 amide bonds. The van der Waals surface area contributed by atoms with E-state index in [0.29, 0.717) is 16.8 Å². The molecule has 1 aromatic heterocycles. The second-order valence-corrected chi connectivity index (χ2v) is 6.36. The Morgan fingerprint density at radius 2 is 2.40 bits per heavy atom. The number of aromatic nitrogens is 2. The van der Waals surface area contributed by atoms with Crippen molar-refractivity contribution in [3.05, 3.63) is 21.0 Å². The average Bonchev–Trinajstić information content (AvgIpc) is 2.37. The molecule has 112 valence electrons. The van der Waals surface area contributed by atoms with Crippen molar-refractivity contribution in [3.63, 3.8) is 0 Å². The van der Waals surface area contributed by atoms with Gasteiger partial charge in [-0.25, -0.2) is 4.68 Å². The Hall–Kier alpha value is -0.920. The number of nitrogens with zero attached hydrogens (tertiary/aromatic N) is 2. The predicted molar refractivity (Wildman–Crippen MR) is 80.0 cm³/mol. The number of hydrogen-bond donors (Lipinski definition) is 2. The van der Waals surface area contributed by atoms with Crippen molar-refractivity contribution in [2.24, 2.45) is 0 Å². The van der Waals surface area contributed by atoms with Crippen LogP contribution >= 0.6 is 15.9 Å². The van der Waals surface area contributed by atoms with Gasteiger partial charge in [-0.1, -0.05) is 0 Å². The molecule has 0 radical (unpaired) electrons. The van der Waals surface area contributed by atoms with Crippen LogP contribution in [0.3, 0.4) is 0 Å². The quantitative estimate of drug-likeness (QED) is 0.861. The Bertz CT molecular complexity index is 530. The third kappa shape index (κ3) is 3.59. The molecule has 1 aliphatic rings. The van der Waals surface area contributed by atoms with E-state index >= 15 is 0 Å². The second-order valence-electron chi connectivity index (χ2n) is 5.57. The lowest BCUT2D eigenvalue weighted by molar-refractivity contribution is -0.0553. The maximum absolute atomic E-state index is 12.0. The number of halogens is 1. The third-order valence-electron chi connectivity index (χ3n) is 3.35. The van der Waals surface area contributed by atoms with Gasteiger partial charge in [-0.3, -0.25) is 4.79 Å².